The first-order chi connectivity index (χ1) is 18.5. The number of thioether (sulfide) groups is 1. The van der Waals surface area contributed by atoms with Crippen molar-refractivity contribution in [1.29, 1.82) is 0 Å². The SMILES string of the molecule is CCCCCCCCCCCCOc1ccc(C(=O)Nc2cccc(CN3C=C(C)SC3)c2)cc1C(C)=O. The largest absolute Gasteiger partial charge is 0.493 e. The molecule has 0 aromatic heterocycles. The molecule has 1 amide bonds. The van der Waals surface area contributed by atoms with Gasteiger partial charge in [0.05, 0.1) is 18.0 Å². The number of benzene rings is 2. The second-order valence-electron chi connectivity index (χ2n) is 10.2. The first-order valence-corrected chi connectivity index (χ1v) is 15.2. The van der Waals surface area contributed by atoms with Gasteiger partial charge in [-0.15, -0.1) is 11.8 Å². The molecule has 5 nitrogen and oxygen atoms in total. The van der Waals surface area contributed by atoms with E-state index < -0.39 is 0 Å². The molecule has 0 saturated heterocycles. The molecule has 206 valence electrons. The van der Waals surface area contributed by atoms with Crippen molar-refractivity contribution < 1.29 is 14.3 Å². The average Bonchev–Trinajstić information content (AvgIpc) is 3.31. The highest BCUT2D eigenvalue weighted by Gasteiger charge is 2.15. The Morgan fingerprint density at radius 1 is 0.947 bits per heavy atom. The van der Waals surface area contributed by atoms with Gasteiger partial charge >= 0.3 is 0 Å². The number of carbonyl (C=O) groups is 2. The lowest BCUT2D eigenvalue weighted by molar-refractivity contribution is 0.101. The number of rotatable bonds is 17. The normalized spacial score (nSPS) is 12.9. The molecule has 3 rings (SSSR count). The molecule has 1 aliphatic rings. The number of nitrogens with zero attached hydrogens (tertiary/aromatic N) is 1. The minimum absolute atomic E-state index is 0.105. The molecule has 1 N–H and O–H groups in total. The fourth-order valence-corrected chi connectivity index (χ4v) is 5.40. The van der Waals surface area contributed by atoms with Gasteiger partial charge < -0.3 is 15.0 Å². The van der Waals surface area contributed by atoms with Crippen LogP contribution in [-0.2, 0) is 6.54 Å². The highest BCUT2D eigenvalue weighted by molar-refractivity contribution is 8.03. The van der Waals surface area contributed by atoms with Gasteiger partial charge in [-0.2, -0.15) is 0 Å². The van der Waals surface area contributed by atoms with Gasteiger partial charge in [0.2, 0.25) is 0 Å². The number of carbonyl (C=O) groups excluding carboxylic acids is 2. The van der Waals surface area contributed by atoms with Crippen LogP contribution in [-0.4, -0.2) is 29.1 Å². The Morgan fingerprint density at radius 3 is 2.32 bits per heavy atom. The Kier molecular flexibility index (Phi) is 12.8. The van der Waals surface area contributed by atoms with Gasteiger partial charge in [0, 0.05) is 24.0 Å². The number of Topliss-reactive ketones (excluding diaryl/α,β-unsaturated/α-hetero) is 1. The zero-order valence-electron chi connectivity index (χ0n) is 23.4. The van der Waals surface area contributed by atoms with Crippen LogP contribution in [0.15, 0.2) is 53.6 Å². The molecule has 0 fully saturated rings. The van der Waals surface area contributed by atoms with Gasteiger partial charge in [-0.25, -0.2) is 0 Å². The Morgan fingerprint density at radius 2 is 1.66 bits per heavy atom. The first kappa shape index (κ1) is 29.8. The van der Waals surface area contributed by atoms with Crippen molar-refractivity contribution >= 4 is 29.1 Å². The average molecular weight is 537 g/mol. The van der Waals surface area contributed by atoms with Gasteiger partial charge in [0.1, 0.15) is 5.75 Å². The molecule has 0 spiro atoms. The van der Waals surface area contributed by atoms with Crippen molar-refractivity contribution in [1.82, 2.24) is 4.90 Å². The molecular formula is C32H44N2O3S. The summed E-state index contributed by atoms with van der Waals surface area (Å²) in [5.41, 5.74) is 2.77. The second kappa shape index (κ2) is 16.3. The third-order valence-corrected chi connectivity index (χ3v) is 7.79. The number of unbranched alkanes of at least 4 members (excludes halogenated alkanes) is 9. The molecule has 2 aromatic carbocycles. The van der Waals surface area contributed by atoms with Gasteiger partial charge in [-0.05, 0) is 61.1 Å². The van der Waals surface area contributed by atoms with Gasteiger partial charge in [-0.3, -0.25) is 9.59 Å². The number of anilines is 1. The van der Waals surface area contributed by atoms with E-state index in [0.717, 1.165) is 36.5 Å². The fourth-order valence-electron chi connectivity index (χ4n) is 4.64. The van der Waals surface area contributed by atoms with Crippen molar-refractivity contribution in [3.8, 4) is 5.75 Å². The first-order valence-electron chi connectivity index (χ1n) is 14.2. The highest BCUT2D eigenvalue weighted by atomic mass is 32.2. The summed E-state index contributed by atoms with van der Waals surface area (Å²) in [6, 6.07) is 13.0. The Bertz CT molecular complexity index is 1080. The molecule has 1 aliphatic heterocycles. The summed E-state index contributed by atoms with van der Waals surface area (Å²) in [6.07, 6.45) is 14.8. The summed E-state index contributed by atoms with van der Waals surface area (Å²) in [4.78, 5) is 28.9. The molecule has 0 saturated carbocycles. The third kappa shape index (κ3) is 10.2. The smallest absolute Gasteiger partial charge is 0.255 e. The summed E-state index contributed by atoms with van der Waals surface area (Å²) in [5, 5.41) is 2.98. The molecule has 6 heteroatoms. The van der Waals surface area contributed by atoms with Crippen molar-refractivity contribution in [3.05, 3.63) is 70.3 Å². The van der Waals surface area contributed by atoms with Crippen molar-refractivity contribution in [3.63, 3.8) is 0 Å². The van der Waals surface area contributed by atoms with E-state index in [4.69, 9.17) is 4.74 Å². The van der Waals surface area contributed by atoms with Gasteiger partial charge in [0.25, 0.3) is 5.91 Å². The van der Waals surface area contributed by atoms with E-state index in [1.807, 2.05) is 30.0 Å². The predicted molar refractivity (Wildman–Crippen MR) is 160 cm³/mol. The van der Waals surface area contributed by atoms with E-state index >= 15 is 0 Å². The minimum atomic E-state index is -0.238. The Balaban J connectivity index is 1.46. The maximum atomic E-state index is 13.0. The Hall–Kier alpha value is -2.73. The number of nitrogens with one attached hydrogen (secondary N) is 1. The van der Waals surface area contributed by atoms with Crippen LogP contribution in [0.1, 0.15) is 111 Å². The lowest BCUT2D eigenvalue weighted by Crippen LogP contribution is -2.15. The minimum Gasteiger partial charge on any atom is -0.493 e. The number of allylic oxidation sites excluding steroid dienone is 1. The topological polar surface area (TPSA) is 58.6 Å². The van der Waals surface area contributed by atoms with Gasteiger partial charge in [0.15, 0.2) is 5.78 Å². The van der Waals surface area contributed by atoms with E-state index in [2.05, 4.69) is 36.3 Å². The molecular weight excluding hydrogens is 492 g/mol. The van der Waals surface area contributed by atoms with Crippen LogP contribution in [0.25, 0.3) is 0 Å². The van der Waals surface area contributed by atoms with Crippen LogP contribution in [0, 0.1) is 0 Å². The number of ether oxygens (including phenoxy) is 1. The van der Waals surface area contributed by atoms with Crippen molar-refractivity contribution in [2.75, 3.05) is 17.8 Å². The zero-order valence-corrected chi connectivity index (χ0v) is 24.2. The molecule has 0 unspecified atom stereocenters. The number of hydrogen-bond donors (Lipinski definition) is 1. The van der Waals surface area contributed by atoms with E-state index in [0.29, 0.717) is 23.5 Å². The standard InChI is InChI=1S/C32H44N2O3S/c1-4-5-6-7-8-9-10-11-12-13-19-37-31-18-17-28(21-30(31)26(3)35)32(36)33-29-16-14-15-27(20-29)23-34-22-25(2)38-24-34/h14-18,20-22H,4-13,19,23-24H2,1-3H3,(H,33,36). The van der Waals surface area contributed by atoms with Crippen LogP contribution in [0.3, 0.4) is 0 Å². The summed E-state index contributed by atoms with van der Waals surface area (Å²) in [5.74, 6) is 1.16. The van der Waals surface area contributed by atoms with E-state index in [1.165, 1.54) is 63.2 Å². The summed E-state index contributed by atoms with van der Waals surface area (Å²) < 4.78 is 5.95. The third-order valence-electron chi connectivity index (χ3n) is 6.77. The lowest BCUT2D eigenvalue weighted by atomic mass is 10.1. The summed E-state index contributed by atoms with van der Waals surface area (Å²) in [6.45, 7) is 7.26. The summed E-state index contributed by atoms with van der Waals surface area (Å²) >= 11 is 1.83. The Labute approximate surface area is 233 Å². The number of hydrogen-bond acceptors (Lipinski definition) is 5. The van der Waals surface area contributed by atoms with Crippen molar-refractivity contribution in [2.45, 2.75) is 91.5 Å². The molecule has 0 radical (unpaired) electrons. The lowest BCUT2D eigenvalue weighted by Gasteiger charge is -2.15. The number of ketones is 1. The summed E-state index contributed by atoms with van der Waals surface area (Å²) in [7, 11) is 0. The van der Waals surface area contributed by atoms with Gasteiger partial charge in [-0.1, -0.05) is 76.8 Å². The zero-order chi connectivity index (χ0) is 27.2. The van der Waals surface area contributed by atoms with Crippen LogP contribution >= 0.6 is 11.8 Å². The van der Waals surface area contributed by atoms with E-state index in [9.17, 15) is 9.59 Å². The van der Waals surface area contributed by atoms with E-state index in [-0.39, 0.29) is 11.7 Å². The second-order valence-corrected chi connectivity index (χ2v) is 11.4. The maximum Gasteiger partial charge on any atom is 0.255 e. The molecule has 38 heavy (non-hydrogen) atoms. The van der Waals surface area contributed by atoms with Crippen LogP contribution < -0.4 is 10.1 Å². The predicted octanol–water partition coefficient (Wildman–Crippen LogP) is 8.81. The quantitative estimate of drug-likeness (QED) is 0.162. The maximum absolute atomic E-state index is 13.0. The van der Waals surface area contributed by atoms with Crippen LogP contribution in [0.5, 0.6) is 5.75 Å². The highest BCUT2D eigenvalue weighted by Crippen LogP contribution is 2.27. The molecule has 0 atom stereocenters. The molecule has 0 bridgehead atoms. The molecule has 1 heterocycles. The van der Waals surface area contributed by atoms with E-state index in [1.54, 1.807) is 18.2 Å². The van der Waals surface area contributed by atoms with Crippen LogP contribution in [0.4, 0.5) is 5.69 Å². The number of amides is 1. The molecule has 0 aliphatic carbocycles. The van der Waals surface area contributed by atoms with Crippen LogP contribution in [0.2, 0.25) is 0 Å². The van der Waals surface area contributed by atoms with Crippen molar-refractivity contribution in [2.24, 2.45) is 0 Å². The fraction of sp³-hybridized carbons (Fsp3) is 0.500. The monoisotopic (exact) mass is 536 g/mol. The molecule has 2 aromatic rings.